The van der Waals surface area contributed by atoms with Gasteiger partial charge in [-0.3, -0.25) is 4.79 Å². The Labute approximate surface area is 164 Å². The second-order valence-electron chi connectivity index (χ2n) is 5.62. The average Bonchev–Trinajstić information content (AvgIpc) is 2.88. The molecule has 1 aliphatic heterocycles. The Balaban J connectivity index is 1.96. The number of benzene rings is 2. The largest absolute Gasteiger partial charge is 0.503 e. The standard InChI is InChI=1S/C19H16BrClN2O3/c1-3-26-17-10-12(9-16(21)18(17)24)8-15-11(2)22-23(19(15)25)14-6-4-13(20)5-7-14/h4-10,24H,3H2,1-2H3/b15-8+. The van der Waals surface area contributed by atoms with Gasteiger partial charge < -0.3 is 9.84 Å². The molecule has 0 spiro atoms. The van der Waals surface area contributed by atoms with Crippen LogP contribution in [-0.2, 0) is 4.79 Å². The number of hydrogen-bond donors (Lipinski definition) is 1. The minimum absolute atomic E-state index is 0.115. The summed E-state index contributed by atoms with van der Waals surface area (Å²) < 4.78 is 6.31. The fourth-order valence-electron chi connectivity index (χ4n) is 2.55. The monoisotopic (exact) mass is 434 g/mol. The molecule has 0 saturated heterocycles. The van der Waals surface area contributed by atoms with Crippen molar-refractivity contribution in [3.8, 4) is 11.5 Å². The average molecular weight is 436 g/mol. The fraction of sp³-hybridized carbons (Fsp3) is 0.158. The van der Waals surface area contributed by atoms with E-state index >= 15 is 0 Å². The highest BCUT2D eigenvalue weighted by atomic mass is 79.9. The van der Waals surface area contributed by atoms with Crippen LogP contribution >= 0.6 is 27.5 Å². The summed E-state index contributed by atoms with van der Waals surface area (Å²) in [5.41, 5.74) is 2.38. The summed E-state index contributed by atoms with van der Waals surface area (Å²) in [6.45, 7) is 3.97. The van der Waals surface area contributed by atoms with Crippen LogP contribution in [0.15, 0.2) is 51.5 Å². The quantitative estimate of drug-likeness (QED) is 0.687. The number of phenolic OH excluding ortho intramolecular Hbond substituents is 1. The van der Waals surface area contributed by atoms with Crippen molar-refractivity contribution >= 4 is 50.9 Å². The highest BCUT2D eigenvalue weighted by Gasteiger charge is 2.28. The third kappa shape index (κ3) is 3.61. The summed E-state index contributed by atoms with van der Waals surface area (Å²) in [7, 11) is 0. The minimum atomic E-state index is -0.230. The molecule has 1 N–H and O–H groups in total. The van der Waals surface area contributed by atoms with E-state index in [1.165, 1.54) is 5.01 Å². The Kier molecular flexibility index (Phi) is 5.34. The van der Waals surface area contributed by atoms with Crippen LogP contribution in [-0.4, -0.2) is 23.3 Å². The summed E-state index contributed by atoms with van der Waals surface area (Å²) in [5, 5.41) is 15.8. The van der Waals surface area contributed by atoms with Gasteiger partial charge in [0.15, 0.2) is 11.5 Å². The number of rotatable bonds is 4. The Morgan fingerprint density at radius 3 is 2.65 bits per heavy atom. The first-order valence-electron chi connectivity index (χ1n) is 7.93. The van der Waals surface area contributed by atoms with Gasteiger partial charge in [-0.1, -0.05) is 27.5 Å². The van der Waals surface area contributed by atoms with Gasteiger partial charge in [0, 0.05) is 4.47 Å². The molecule has 5 nitrogen and oxygen atoms in total. The molecule has 2 aromatic carbocycles. The molecule has 0 radical (unpaired) electrons. The molecule has 0 aromatic heterocycles. The summed E-state index contributed by atoms with van der Waals surface area (Å²) in [6.07, 6.45) is 1.69. The number of hydrogen-bond acceptors (Lipinski definition) is 4. The van der Waals surface area contributed by atoms with E-state index in [0.29, 0.717) is 29.1 Å². The fourth-order valence-corrected chi connectivity index (χ4v) is 3.03. The molecular formula is C19H16BrClN2O3. The van der Waals surface area contributed by atoms with Gasteiger partial charge in [0.2, 0.25) is 0 Å². The number of phenols is 1. The van der Waals surface area contributed by atoms with Crippen molar-refractivity contribution in [1.29, 1.82) is 0 Å². The van der Waals surface area contributed by atoms with Crippen molar-refractivity contribution in [2.24, 2.45) is 5.10 Å². The van der Waals surface area contributed by atoms with Crippen molar-refractivity contribution in [3.63, 3.8) is 0 Å². The highest BCUT2D eigenvalue weighted by Crippen LogP contribution is 2.36. The lowest BCUT2D eigenvalue weighted by atomic mass is 10.1. The minimum Gasteiger partial charge on any atom is -0.503 e. The van der Waals surface area contributed by atoms with E-state index in [2.05, 4.69) is 21.0 Å². The number of carbonyl (C=O) groups excluding carboxylic acids is 1. The molecule has 134 valence electrons. The first-order chi connectivity index (χ1) is 12.4. The predicted octanol–water partition coefficient (Wildman–Crippen LogP) is 5.01. The lowest BCUT2D eigenvalue weighted by Crippen LogP contribution is -2.21. The maximum absolute atomic E-state index is 12.8. The van der Waals surface area contributed by atoms with Crippen molar-refractivity contribution in [3.05, 3.63) is 57.0 Å². The molecule has 0 bridgehead atoms. The number of halogens is 2. The van der Waals surface area contributed by atoms with E-state index in [0.717, 1.165) is 4.47 Å². The molecule has 3 rings (SSSR count). The SMILES string of the molecule is CCOc1cc(/C=C2/C(=O)N(c3ccc(Br)cc3)N=C2C)cc(Cl)c1O. The van der Waals surface area contributed by atoms with Gasteiger partial charge in [0.25, 0.3) is 5.91 Å². The molecule has 26 heavy (non-hydrogen) atoms. The number of ether oxygens (including phenoxy) is 1. The smallest absolute Gasteiger partial charge is 0.280 e. The first kappa shape index (κ1) is 18.5. The zero-order valence-electron chi connectivity index (χ0n) is 14.2. The van der Waals surface area contributed by atoms with E-state index in [1.54, 1.807) is 25.1 Å². The van der Waals surface area contributed by atoms with Gasteiger partial charge in [0.05, 0.1) is 28.6 Å². The Morgan fingerprint density at radius 1 is 1.31 bits per heavy atom. The van der Waals surface area contributed by atoms with Gasteiger partial charge >= 0.3 is 0 Å². The number of carbonyl (C=O) groups is 1. The van der Waals surface area contributed by atoms with E-state index in [1.807, 2.05) is 31.2 Å². The second kappa shape index (κ2) is 7.51. The number of amides is 1. The van der Waals surface area contributed by atoms with E-state index in [4.69, 9.17) is 16.3 Å². The van der Waals surface area contributed by atoms with Gasteiger partial charge in [0.1, 0.15) is 0 Å². The van der Waals surface area contributed by atoms with Gasteiger partial charge in [-0.05, 0) is 61.9 Å². The molecule has 0 atom stereocenters. The first-order valence-corrected chi connectivity index (χ1v) is 9.10. The van der Waals surface area contributed by atoms with E-state index < -0.39 is 0 Å². The van der Waals surface area contributed by atoms with E-state index in [-0.39, 0.29) is 22.4 Å². The summed E-state index contributed by atoms with van der Waals surface area (Å²) in [5.74, 6) is -0.0704. The Hall–Kier alpha value is -2.31. The maximum Gasteiger partial charge on any atom is 0.280 e. The lowest BCUT2D eigenvalue weighted by Gasteiger charge is -2.12. The number of anilines is 1. The number of nitrogens with zero attached hydrogens (tertiary/aromatic N) is 2. The van der Waals surface area contributed by atoms with Crippen LogP contribution in [0, 0.1) is 0 Å². The molecule has 0 aliphatic carbocycles. The van der Waals surface area contributed by atoms with Crippen LogP contribution in [0.25, 0.3) is 6.08 Å². The number of hydrazone groups is 1. The van der Waals surface area contributed by atoms with Gasteiger partial charge in [-0.15, -0.1) is 0 Å². The van der Waals surface area contributed by atoms with Crippen LogP contribution in [0.1, 0.15) is 19.4 Å². The molecular weight excluding hydrogens is 420 g/mol. The van der Waals surface area contributed by atoms with Gasteiger partial charge in [-0.2, -0.15) is 10.1 Å². The zero-order valence-corrected chi connectivity index (χ0v) is 16.5. The van der Waals surface area contributed by atoms with Crippen LogP contribution in [0.4, 0.5) is 5.69 Å². The third-order valence-electron chi connectivity index (χ3n) is 3.80. The van der Waals surface area contributed by atoms with E-state index in [9.17, 15) is 9.90 Å². The summed E-state index contributed by atoms with van der Waals surface area (Å²) in [4.78, 5) is 12.8. The van der Waals surface area contributed by atoms with Crippen LogP contribution in [0.2, 0.25) is 5.02 Å². The predicted molar refractivity (Wildman–Crippen MR) is 107 cm³/mol. The molecule has 0 saturated carbocycles. The lowest BCUT2D eigenvalue weighted by molar-refractivity contribution is -0.114. The molecule has 0 fully saturated rings. The van der Waals surface area contributed by atoms with Crippen LogP contribution < -0.4 is 9.75 Å². The molecule has 1 aliphatic rings. The topological polar surface area (TPSA) is 62.1 Å². The zero-order chi connectivity index (χ0) is 18.8. The van der Waals surface area contributed by atoms with Crippen molar-refractivity contribution in [1.82, 2.24) is 0 Å². The Morgan fingerprint density at radius 2 is 2.00 bits per heavy atom. The molecule has 0 unspecified atom stereocenters. The molecule has 1 amide bonds. The third-order valence-corrected chi connectivity index (χ3v) is 4.61. The van der Waals surface area contributed by atoms with Gasteiger partial charge in [-0.25, -0.2) is 0 Å². The molecule has 1 heterocycles. The maximum atomic E-state index is 12.8. The number of aromatic hydroxyl groups is 1. The van der Waals surface area contributed by atoms with Crippen molar-refractivity contribution in [2.75, 3.05) is 11.6 Å². The Bertz CT molecular complexity index is 923. The summed E-state index contributed by atoms with van der Waals surface area (Å²) >= 11 is 9.44. The normalized spacial score (nSPS) is 15.5. The van der Waals surface area contributed by atoms with Crippen molar-refractivity contribution in [2.45, 2.75) is 13.8 Å². The molecule has 7 heteroatoms. The highest BCUT2D eigenvalue weighted by molar-refractivity contribution is 9.10. The van der Waals surface area contributed by atoms with Crippen LogP contribution in [0.3, 0.4) is 0 Å². The molecule has 2 aromatic rings. The second-order valence-corrected chi connectivity index (χ2v) is 6.94. The van der Waals surface area contributed by atoms with Crippen LogP contribution in [0.5, 0.6) is 11.5 Å². The van der Waals surface area contributed by atoms with Crippen molar-refractivity contribution < 1.29 is 14.6 Å². The summed E-state index contributed by atoms with van der Waals surface area (Å²) in [6, 6.07) is 10.5.